The van der Waals surface area contributed by atoms with Gasteiger partial charge in [-0.3, -0.25) is 0 Å². The van der Waals surface area contributed by atoms with Crippen LogP contribution < -0.4 is 13.4 Å². The zero-order valence-electron chi connectivity index (χ0n) is 14.4. The molecule has 0 spiro atoms. The third-order valence-electron chi connectivity index (χ3n) is 3.34. The number of hydrogen-bond acceptors (Lipinski definition) is 0. The summed E-state index contributed by atoms with van der Waals surface area (Å²) in [6.45, 7) is 4.00. The molecule has 0 bridgehead atoms. The first-order valence-electron chi connectivity index (χ1n) is 7.96. The van der Waals surface area contributed by atoms with Crippen molar-refractivity contribution in [2.24, 2.45) is 0 Å². The maximum atomic E-state index is 14.3. The van der Waals surface area contributed by atoms with E-state index in [1.54, 1.807) is 0 Å². The molecule has 0 saturated carbocycles. The molecule has 0 fully saturated rings. The molecule has 7 heteroatoms. The molecule has 0 nitrogen and oxygen atoms in total. The zero-order valence-corrected chi connectivity index (χ0v) is 16.1. The van der Waals surface area contributed by atoms with Crippen molar-refractivity contribution >= 4 is 27.3 Å². The number of rotatable bonds is 3. The van der Waals surface area contributed by atoms with E-state index in [1.165, 1.54) is 0 Å². The van der Waals surface area contributed by atoms with Crippen LogP contribution in [0.3, 0.4) is 0 Å². The fraction of sp³-hybridized carbons (Fsp3) is 0.100. The minimum atomic E-state index is -2.94. The Hall–Kier alpha value is -2.24. The molecule has 0 aliphatic rings. The van der Waals surface area contributed by atoms with Crippen molar-refractivity contribution in [2.75, 3.05) is 0 Å². The van der Waals surface area contributed by atoms with Crippen LogP contribution in [-0.4, -0.2) is 13.9 Å². The molecular formula is C20H15F6Se. The van der Waals surface area contributed by atoms with Crippen LogP contribution in [0, 0.1) is 34.9 Å². The van der Waals surface area contributed by atoms with Crippen molar-refractivity contribution in [2.45, 2.75) is 13.8 Å². The van der Waals surface area contributed by atoms with Crippen LogP contribution >= 0.6 is 0 Å². The standard InChI is InChI=1S/C18H9F6Se.C2H6/c19-10-1-4-16(13(22)7-10)25(17-5-2-11(20)8-14(17)23)18-6-3-12(21)9-15(18)24;1-2/h1-9H;1-2H3. The second kappa shape index (κ2) is 9.11. The Morgan fingerprint density at radius 3 is 0.963 bits per heavy atom. The van der Waals surface area contributed by atoms with Gasteiger partial charge in [-0.05, 0) is 0 Å². The van der Waals surface area contributed by atoms with Gasteiger partial charge in [0, 0.05) is 0 Å². The molecule has 0 heterocycles. The average molecular weight is 448 g/mol. The van der Waals surface area contributed by atoms with Gasteiger partial charge >= 0.3 is 143 Å². The van der Waals surface area contributed by atoms with Crippen molar-refractivity contribution < 1.29 is 26.3 Å². The van der Waals surface area contributed by atoms with Gasteiger partial charge in [-0.1, -0.05) is 13.8 Å². The van der Waals surface area contributed by atoms with E-state index in [0.717, 1.165) is 36.4 Å². The van der Waals surface area contributed by atoms with Gasteiger partial charge in [-0.25, -0.2) is 0 Å². The Morgan fingerprint density at radius 1 is 0.481 bits per heavy atom. The molecule has 0 amide bonds. The molecule has 143 valence electrons. The van der Waals surface area contributed by atoms with Crippen molar-refractivity contribution in [1.29, 1.82) is 0 Å². The van der Waals surface area contributed by atoms with E-state index in [1.807, 2.05) is 13.8 Å². The first-order valence-corrected chi connectivity index (χ1v) is 10.5. The maximum absolute atomic E-state index is 14.3. The van der Waals surface area contributed by atoms with Crippen molar-refractivity contribution in [3.8, 4) is 0 Å². The summed E-state index contributed by atoms with van der Waals surface area (Å²) in [4.78, 5) is 0. The van der Waals surface area contributed by atoms with Gasteiger partial charge in [0.05, 0.1) is 0 Å². The molecule has 0 saturated heterocycles. The summed E-state index contributed by atoms with van der Waals surface area (Å²) in [7, 11) is 0. The van der Waals surface area contributed by atoms with E-state index in [9.17, 15) is 26.3 Å². The molecule has 27 heavy (non-hydrogen) atoms. The summed E-state index contributed by atoms with van der Waals surface area (Å²) in [5, 5.41) is 0. The van der Waals surface area contributed by atoms with Crippen molar-refractivity contribution in [1.82, 2.24) is 0 Å². The molecule has 3 aromatic rings. The van der Waals surface area contributed by atoms with Crippen LogP contribution in [0.15, 0.2) is 54.6 Å². The second-order valence-electron chi connectivity index (χ2n) is 5.03. The third kappa shape index (κ3) is 4.73. The molecule has 0 aliphatic heterocycles. The van der Waals surface area contributed by atoms with Crippen LogP contribution in [0.4, 0.5) is 26.3 Å². The minimum absolute atomic E-state index is 0.0996. The molecule has 0 atom stereocenters. The van der Waals surface area contributed by atoms with Gasteiger partial charge in [-0.2, -0.15) is 0 Å². The van der Waals surface area contributed by atoms with Crippen LogP contribution in [0.2, 0.25) is 0 Å². The SMILES string of the molecule is CC.Fc1ccc([Se](c2ccc(F)cc2F)c2ccc(F)cc2F)c(F)c1. The Balaban J connectivity index is 0.00000126. The fourth-order valence-electron chi connectivity index (χ4n) is 2.28. The van der Waals surface area contributed by atoms with E-state index in [2.05, 4.69) is 0 Å². The molecule has 0 aliphatic carbocycles. The van der Waals surface area contributed by atoms with Crippen LogP contribution in [0.1, 0.15) is 13.8 Å². The molecule has 3 rings (SSSR count). The number of halogens is 6. The Bertz CT molecular complexity index is 819. The number of hydrogen-bond donors (Lipinski definition) is 0. The summed E-state index contributed by atoms with van der Waals surface area (Å²) < 4.78 is 82.2. The second-order valence-corrected chi connectivity index (χ2v) is 9.08. The van der Waals surface area contributed by atoms with Crippen molar-refractivity contribution in [3.63, 3.8) is 0 Å². The predicted molar refractivity (Wildman–Crippen MR) is 95.1 cm³/mol. The van der Waals surface area contributed by atoms with Gasteiger partial charge in [-0.15, -0.1) is 0 Å². The van der Waals surface area contributed by atoms with Gasteiger partial charge < -0.3 is 0 Å². The van der Waals surface area contributed by atoms with E-state index in [-0.39, 0.29) is 13.4 Å². The topological polar surface area (TPSA) is 0 Å². The molecule has 0 aromatic heterocycles. The van der Waals surface area contributed by atoms with Crippen LogP contribution in [0.5, 0.6) is 0 Å². The van der Waals surface area contributed by atoms with E-state index in [0.29, 0.717) is 18.2 Å². The normalized spacial score (nSPS) is 10.6. The molecular weight excluding hydrogens is 433 g/mol. The van der Waals surface area contributed by atoms with Gasteiger partial charge in [0.15, 0.2) is 0 Å². The van der Waals surface area contributed by atoms with E-state index in [4.69, 9.17) is 0 Å². The molecule has 1 radical (unpaired) electrons. The van der Waals surface area contributed by atoms with E-state index >= 15 is 0 Å². The summed E-state index contributed by atoms with van der Waals surface area (Å²) in [5.74, 6) is -5.45. The first kappa shape index (κ1) is 21.1. The van der Waals surface area contributed by atoms with Crippen LogP contribution in [-0.2, 0) is 0 Å². The van der Waals surface area contributed by atoms with Gasteiger partial charge in [0.1, 0.15) is 0 Å². The molecule has 0 N–H and O–H groups in total. The quantitative estimate of drug-likeness (QED) is 0.419. The first-order chi connectivity index (χ1) is 12.9. The molecule has 0 unspecified atom stereocenters. The van der Waals surface area contributed by atoms with Gasteiger partial charge in [0.25, 0.3) is 0 Å². The Morgan fingerprint density at radius 2 is 0.741 bits per heavy atom. The van der Waals surface area contributed by atoms with Gasteiger partial charge in [0.2, 0.25) is 0 Å². The summed E-state index contributed by atoms with van der Waals surface area (Å²) >= 11 is -2.94. The zero-order chi connectivity index (χ0) is 20.1. The third-order valence-corrected chi connectivity index (χ3v) is 8.19. The molecule has 3 aromatic carbocycles. The van der Waals surface area contributed by atoms with Crippen molar-refractivity contribution in [3.05, 3.63) is 89.5 Å². The Kier molecular flexibility index (Phi) is 7.11. The number of benzene rings is 3. The summed E-state index contributed by atoms with van der Waals surface area (Å²) in [6, 6.07) is 8.02. The summed E-state index contributed by atoms with van der Waals surface area (Å²) in [5.41, 5.74) is 0. The fourth-order valence-corrected chi connectivity index (χ4v) is 6.65. The van der Waals surface area contributed by atoms with E-state index < -0.39 is 48.8 Å². The Labute approximate surface area is 157 Å². The predicted octanol–water partition coefficient (Wildman–Crippen LogP) is 4.06. The monoisotopic (exact) mass is 449 g/mol. The average Bonchev–Trinajstić information content (AvgIpc) is 2.61. The summed E-state index contributed by atoms with van der Waals surface area (Å²) in [6.07, 6.45) is 0. The van der Waals surface area contributed by atoms with Crippen LogP contribution in [0.25, 0.3) is 0 Å².